The van der Waals surface area contributed by atoms with Crippen molar-refractivity contribution in [3.8, 4) is 0 Å². The fraction of sp³-hybridized carbons (Fsp3) is 0.786. The first kappa shape index (κ1) is 15.4. The zero-order valence-corrected chi connectivity index (χ0v) is 13.0. The lowest BCUT2D eigenvalue weighted by Gasteiger charge is -2.06. The van der Waals surface area contributed by atoms with Gasteiger partial charge in [0.15, 0.2) is 0 Å². The van der Waals surface area contributed by atoms with E-state index in [0.29, 0.717) is 17.5 Å². The SMILES string of the molecule is CCCCCc1nnc(NC(=O)CCC2CCNC2)s1. The fourth-order valence-electron chi connectivity index (χ4n) is 2.41. The number of nitrogens with zero attached hydrogens (tertiary/aromatic N) is 2. The zero-order chi connectivity index (χ0) is 14.2. The van der Waals surface area contributed by atoms with E-state index in [9.17, 15) is 4.79 Å². The van der Waals surface area contributed by atoms with Gasteiger partial charge in [-0.3, -0.25) is 4.79 Å². The largest absolute Gasteiger partial charge is 0.316 e. The van der Waals surface area contributed by atoms with Gasteiger partial charge in [0.25, 0.3) is 0 Å². The van der Waals surface area contributed by atoms with Gasteiger partial charge in [0.05, 0.1) is 0 Å². The van der Waals surface area contributed by atoms with E-state index in [1.807, 2.05) is 0 Å². The average Bonchev–Trinajstić information content (AvgIpc) is 3.08. The minimum atomic E-state index is 0.0631. The van der Waals surface area contributed by atoms with Crippen molar-refractivity contribution >= 4 is 22.4 Å². The topological polar surface area (TPSA) is 66.9 Å². The van der Waals surface area contributed by atoms with Crippen molar-refractivity contribution < 1.29 is 4.79 Å². The number of hydrogen-bond donors (Lipinski definition) is 2. The monoisotopic (exact) mass is 296 g/mol. The summed E-state index contributed by atoms with van der Waals surface area (Å²) in [6.07, 6.45) is 7.27. The standard InChI is InChI=1S/C14H24N4OS/c1-2-3-4-5-13-17-18-14(20-13)16-12(19)7-6-11-8-9-15-10-11/h11,15H,2-10H2,1H3,(H,16,18,19). The Hall–Kier alpha value is -1.01. The Labute approximate surface area is 124 Å². The molecular formula is C14H24N4OS. The van der Waals surface area contributed by atoms with Crippen molar-refractivity contribution in [1.29, 1.82) is 0 Å². The predicted molar refractivity (Wildman–Crippen MR) is 82.0 cm³/mol. The van der Waals surface area contributed by atoms with Gasteiger partial charge in [-0.1, -0.05) is 31.1 Å². The Morgan fingerprint density at radius 3 is 3.10 bits per heavy atom. The normalized spacial score (nSPS) is 18.4. The highest BCUT2D eigenvalue weighted by atomic mass is 32.1. The van der Waals surface area contributed by atoms with Gasteiger partial charge in [0.2, 0.25) is 11.0 Å². The number of rotatable bonds is 8. The number of anilines is 1. The number of amides is 1. The molecule has 1 aliphatic rings. The van der Waals surface area contributed by atoms with Gasteiger partial charge in [-0.05, 0) is 38.3 Å². The van der Waals surface area contributed by atoms with Crippen LogP contribution >= 0.6 is 11.3 Å². The van der Waals surface area contributed by atoms with E-state index in [1.54, 1.807) is 0 Å². The molecule has 0 spiro atoms. The second-order valence-corrected chi connectivity index (χ2v) is 6.47. The molecule has 1 saturated heterocycles. The van der Waals surface area contributed by atoms with E-state index in [2.05, 4.69) is 27.8 Å². The minimum Gasteiger partial charge on any atom is -0.316 e. The highest BCUT2D eigenvalue weighted by molar-refractivity contribution is 7.15. The molecule has 1 aromatic rings. The molecular weight excluding hydrogens is 272 g/mol. The van der Waals surface area contributed by atoms with E-state index >= 15 is 0 Å². The highest BCUT2D eigenvalue weighted by Gasteiger charge is 2.16. The molecule has 0 radical (unpaired) electrons. The third-order valence-electron chi connectivity index (χ3n) is 3.65. The zero-order valence-electron chi connectivity index (χ0n) is 12.2. The van der Waals surface area contributed by atoms with Crippen molar-refractivity contribution in [1.82, 2.24) is 15.5 Å². The van der Waals surface area contributed by atoms with Crippen LogP contribution in [0.15, 0.2) is 0 Å². The summed E-state index contributed by atoms with van der Waals surface area (Å²) in [6, 6.07) is 0. The van der Waals surface area contributed by atoms with Gasteiger partial charge in [-0.25, -0.2) is 0 Å². The van der Waals surface area contributed by atoms with Crippen molar-refractivity contribution in [2.75, 3.05) is 18.4 Å². The van der Waals surface area contributed by atoms with Gasteiger partial charge in [0, 0.05) is 12.8 Å². The maximum atomic E-state index is 11.8. The van der Waals surface area contributed by atoms with E-state index in [0.717, 1.165) is 37.4 Å². The molecule has 2 N–H and O–H groups in total. The number of hydrogen-bond acceptors (Lipinski definition) is 5. The van der Waals surface area contributed by atoms with Crippen LogP contribution in [-0.4, -0.2) is 29.2 Å². The first-order valence-electron chi connectivity index (χ1n) is 7.61. The number of carbonyl (C=O) groups excluding carboxylic acids is 1. The summed E-state index contributed by atoms with van der Waals surface area (Å²) in [5, 5.41) is 16.0. The Morgan fingerprint density at radius 1 is 1.45 bits per heavy atom. The van der Waals surface area contributed by atoms with Crippen molar-refractivity contribution in [2.45, 2.75) is 51.9 Å². The lowest BCUT2D eigenvalue weighted by atomic mass is 10.0. The van der Waals surface area contributed by atoms with Gasteiger partial charge in [-0.2, -0.15) is 0 Å². The van der Waals surface area contributed by atoms with Gasteiger partial charge in [0.1, 0.15) is 5.01 Å². The average molecular weight is 296 g/mol. The molecule has 0 aromatic carbocycles. The van der Waals surface area contributed by atoms with Crippen LogP contribution in [-0.2, 0) is 11.2 Å². The first-order chi connectivity index (χ1) is 9.78. The molecule has 6 heteroatoms. The Kier molecular flexibility index (Phi) is 6.39. The minimum absolute atomic E-state index is 0.0631. The second-order valence-electron chi connectivity index (χ2n) is 5.40. The maximum absolute atomic E-state index is 11.8. The summed E-state index contributed by atoms with van der Waals surface area (Å²) in [4.78, 5) is 11.8. The molecule has 5 nitrogen and oxygen atoms in total. The highest BCUT2D eigenvalue weighted by Crippen LogP contribution is 2.19. The molecule has 1 fully saturated rings. The quantitative estimate of drug-likeness (QED) is 0.724. The predicted octanol–water partition coefficient (Wildman–Crippen LogP) is 2.60. The number of unbranched alkanes of at least 4 members (excludes halogenated alkanes) is 2. The third-order valence-corrected chi connectivity index (χ3v) is 4.55. The summed E-state index contributed by atoms with van der Waals surface area (Å²) in [6.45, 7) is 4.32. The van der Waals surface area contributed by atoms with Crippen LogP contribution in [0.5, 0.6) is 0 Å². The summed E-state index contributed by atoms with van der Waals surface area (Å²) in [5.74, 6) is 0.716. The number of aromatic nitrogens is 2. The molecule has 2 rings (SSSR count). The first-order valence-corrected chi connectivity index (χ1v) is 8.42. The molecule has 1 unspecified atom stereocenters. The summed E-state index contributed by atoms with van der Waals surface area (Å²) >= 11 is 1.50. The van der Waals surface area contributed by atoms with Crippen LogP contribution in [0.3, 0.4) is 0 Å². The fourth-order valence-corrected chi connectivity index (χ4v) is 3.21. The van der Waals surface area contributed by atoms with Crippen molar-refractivity contribution in [2.24, 2.45) is 5.92 Å². The maximum Gasteiger partial charge on any atom is 0.226 e. The molecule has 0 bridgehead atoms. The van der Waals surface area contributed by atoms with E-state index in [4.69, 9.17) is 0 Å². The van der Waals surface area contributed by atoms with Crippen molar-refractivity contribution in [3.63, 3.8) is 0 Å². The summed E-state index contributed by atoms with van der Waals surface area (Å²) < 4.78 is 0. The lowest BCUT2D eigenvalue weighted by Crippen LogP contribution is -2.14. The Balaban J connectivity index is 1.67. The summed E-state index contributed by atoms with van der Waals surface area (Å²) in [5.41, 5.74) is 0. The third kappa shape index (κ3) is 5.17. The smallest absolute Gasteiger partial charge is 0.226 e. The van der Waals surface area contributed by atoms with Crippen molar-refractivity contribution in [3.05, 3.63) is 5.01 Å². The molecule has 0 aliphatic carbocycles. The second kappa shape index (κ2) is 8.32. The van der Waals surface area contributed by atoms with Gasteiger partial charge in [-0.15, -0.1) is 10.2 Å². The van der Waals surface area contributed by atoms with Crippen LogP contribution in [0, 0.1) is 5.92 Å². The van der Waals surface area contributed by atoms with Crippen LogP contribution < -0.4 is 10.6 Å². The van der Waals surface area contributed by atoms with Crippen LogP contribution in [0.2, 0.25) is 0 Å². The number of carbonyl (C=O) groups is 1. The summed E-state index contributed by atoms with van der Waals surface area (Å²) in [7, 11) is 0. The molecule has 1 aromatic heterocycles. The molecule has 2 heterocycles. The Morgan fingerprint density at radius 2 is 2.35 bits per heavy atom. The number of nitrogens with one attached hydrogen (secondary N) is 2. The molecule has 112 valence electrons. The molecule has 1 atom stereocenters. The van der Waals surface area contributed by atoms with Crippen LogP contribution in [0.25, 0.3) is 0 Å². The lowest BCUT2D eigenvalue weighted by molar-refractivity contribution is -0.116. The van der Waals surface area contributed by atoms with Gasteiger partial charge >= 0.3 is 0 Å². The molecule has 1 amide bonds. The van der Waals surface area contributed by atoms with E-state index in [1.165, 1.54) is 30.6 Å². The molecule has 20 heavy (non-hydrogen) atoms. The van der Waals surface area contributed by atoms with E-state index in [-0.39, 0.29) is 5.91 Å². The molecule has 1 aliphatic heterocycles. The molecule has 0 saturated carbocycles. The van der Waals surface area contributed by atoms with E-state index < -0.39 is 0 Å². The van der Waals surface area contributed by atoms with Gasteiger partial charge < -0.3 is 10.6 Å². The van der Waals surface area contributed by atoms with Crippen LogP contribution in [0.4, 0.5) is 5.13 Å². The van der Waals surface area contributed by atoms with Crippen LogP contribution in [0.1, 0.15) is 50.5 Å². The Bertz CT molecular complexity index is 415. The number of aryl methyl sites for hydroxylation is 1.